The lowest BCUT2D eigenvalue weighted by Gasteiger charge is -2.36. The van der Waals surface area contributed by atoms with Crippen molar-refractivity contribution in [2.45, 2.75) is 18.3 Å². The van der Waals surface area contributed by atoms with Crippen LogP contribution in [0.2, 0.25) is 5.02 Å². The summed E-state index contributed by atoms with van der Waals surface area (Å²) in [7, 11) is 0. The molecule has 1 saturated heterocycles. The van der Waals surface area contributed by atoms with Crippen LogP contribution in [-0.2, 0) is 14.9 Å². The van der Waals surface area contributed by atoms with E-state index < -0.39 is 5.41 Å². The van der Waals surface area contributed by atoms with Crippen LogP contribution in [0.1, 0.15) is 18.4 Å². The van der Waals surface area contributed by atoms with E-state index in [1.165, 1.54) is 0 Å². The molecule has 0 spiro atoms. The average Bonchev–Trinajstić information content (AvgIpc) is 2.68. The number of hydrogen-bond donors (Lipinski definition) is 2. The zero-order valence-electron chi connectivity index (χ0n) is 14.9. The van der Waals surface area contributed by atoms with Crippen LogP contribution in [0.15, 0.2) is 48.5 Å². The van der Waals surface area contributed by atoms with Crippen LogP contribution in [0.4, 0.5) is 5.69 Å². The van der Waals surface area contributed by atoms with Crippen molar-refractivity contribution in [3.63, 3.8) is 0 Å². The highest BCUT2D eigenvalue weighted by Crippen LogP contribution is 2.37. The number of rotatable bonds is 6. The molecule has 2 aromatic carbocycles. The molecule has 3 rings (SSSR count). The molecule has 5 nitrogen and oxygen atoms in total. The van der Waals surface area contributed by atoms with E-state index in [-0.39, 0.29) is 18.3 Å². The number of anilines is 1. The minimum absolute atomic E-state index is 0. The van der Waals surface area contributed by atoms with Gasteiger partial charge in [-0.05, 0) is 54.8 Å². The molecule has 2 aromatic rings. The van der Waals surface area contributed by atoms with E-state index >= 15 is 0 Å². The zero-order chi connectivity index (χ0) is 18.4. The van der Waals surface area contributed by atoms with Gasteiger partial charge < -0.3 is 20.5 Å². The van der Waals surface area contributed by atoms with Gasteiger partial charge in [-0.15, -0.1) is 12.4 Å². The van der Waals surface area contributed by atoms with Gasteiger partial charge in [0.25, 0.3) is 0 Å². The molecular formula is C20H24Cl2N2O3. The molecule has 3 N–H and O–H groups in total. The Labute approximate surface area is 170 Å². The highest BCUT2D eigenvalue weighted by molar-refractivity contribution is 6.30. The Kier molecular flexibility index (Phi) is 7.92. The van der Waals surface area contributed by atoms with E-state index in [2.05, 4.69) is 5.32 Å². The number of benzene rings is 2. The average molecular weight is 411 g/mol. The topological polar surface area (TPSA) is 73.6 Å². The Hall–Kier alpha value is -1.79. The first kappa shape index (κ1) is 21.5. The number of carbonyl (C=O) groups excluding carboxylic acids is 1. The largest absolute Gasteiger partial charge is 0.492 e. The molecule has 1 fully saturated rings. The van der Waals surface area contributed by atoms with Crippen molar-refractivity contribution in [1.82, 2.24) is 0 Å². The SMILES string of the molecule is Cl.NCCOc1ccc(NC(=O)C2(c3cccc(Cl)c3)CCOCC2)cc1. The van der Waals surface area contributed by atoms with E-state index in [1.807, 2.05) is 48.5 Å². The first-order chi connectivity index (χ1) is 12.6. The van der Waals surface area contributed by atoms with Crippen molar-refractivity contribution in [3.05, 3.63) is 59.1 Å². The first-order valence-electron chi connectivity index (χ1n) is 8.72. The monoisotopic (exact) mass is 410 g/mol. The Morgan fingerprint density at radius 3 is 2.52 bits per heavy atom. The van der Waals surface area contributed by atoms with E-state index in [9.17, 15) is 4.79 Å². The van der Waals surface area contributed by atoms with Gasteiger partial charge in [-0.3, -0.25) is 4.79 Å². The van der Waals surface area contributed by atoms with Crippen molar-refractivity contribution < 1.29 is 14.3 Å². The van der Waals surface area contributed by atoms with Gasteiger partial charge in [-0.2, -0.15) is 0 Å². The molecule has 1 aliphatic rings. The Bertz CT molecular complexity index is 747. The van der Waals surface area contributed by atoms with E-state index in [0.717, 1.165) is 17.0 Å². The van der Waals surface area contributed by atoms with Crippen molar-refractivity contribution in [3.8, 4) is 5.75 Å². The number of hydrogen-bond acceptors (Lipinski definition) is 4. The Balaban J connectivity index is 0.00000261. The summed E-state index contributed by atoms with van der Waals surface area (Å²) in [6, 6.07) is 14.8. The first-order valence-corrected chi connectivity index (χ1v) is 9.10. The second-order valence-corrected chi connectivity index (χ2v) is 6.76. The number of nitrogens with two attached hydrogens (primary N) is 1. The molecule has 1 amide bonds. The fourth-order valence-electron chi connectivity index (χ4n) is 3.21. The quantitative estimate of drug-likeness (QED) is 0.759. The van der Waals surface area contributed by atoms with Gasteiger partial charge in [0.1, 0.15) is 12.4 Å². The van der Waals surface area contributed by atoms with Gasteiger partial charge >= 0.3 is 0 Å². The lowest BCUT2D eigenvalue weighted by atomic mass is 9.73. The summed E-state index contributed by atoms with van der Waals surface area (Å²) in [5.41, 5.74) is 6.44. The van der Waals surface area contributed by atoms with Crippen molar-refractivity contribution in [2.75, 3.05) is 31.7 Å². The predicted molar refractivity (Wildman–Crippen MR) is 110 cm³/mol. The fourth-order valence-corrected chi connectivity index (χ4v) is 3.41. The smallest absolute Gasteiger partial charge is 0.235 e. The van der Waals surface area contributed by atoms with Gasteiger partial charge in [-0.25, -0.2) is 0 Å². The summed E-state index contributed by atoms with van der Waals surface area (Å²) in [6.45, 7) is 2.02. The minimum Gasteiger partial charge on any atom is -0.492 e. The molecule has 7 heteroatoms. The Morgan fingerprint density at radius 1 is 1.19 bits per heavy atom. The maximum Gasteiger partial charge on any atom is 0.235 e. The van der Waals surface area contributed by atoms with Crippen LogP contribution in [0.5, 0.6) is 5.75 Å². The molecule has 1 heterocycles. The summed E-state index contributed by atoms with van der Waals surface area (Å²) in [6.07, 6.45) is 1.24. The van der Waals surface area contributed by atoms with Crippen LogP contribution >= 0.6 is 24.0 Å². The third kappa shape index (κ3) is 5.14. The van der Waals surface area contributed by atoms with Crippen LogP contribution in [-0.4, -0.2) is 32.3 Å². The second kappa shape index (κ2) is 9.95. The van der Waals surface area contributed by atoms with Gasteiger partial charge in [0.2, 0.25) is 5.91 Å². The predicted octanol–water partition coefficient (Wildman–Crippen LogP) is 3.79. The third-order valence-corrected chi connectivity index (χ3v) is 4.89. The maximum absolute atomic E-state index is 13.2. The van der Waals surface area contributed by atoms with Gasteiger partial charge in [0, 0.05) is 30.5 Å². The molecule has 0 atom stereocenters. The maximum atomic E-state index is 13.2. The van der Waals surface area contributed by atoms with Crippen molar-refractivity contribution >= 4 is 35.6 Å². The standard InChI is InChI=1S/C20H23ClN2O3.ClH/c21-16-3-1-2-15(14-16)20(8-11-25-12-9-20)19(24)23-17-4-6-18(7-5-17)26-13-10-22;/h1-7,14H,8-13,22H2,(H,23,24);1H. The van der Waals surface area contributed by atoms with Crippen LogP contribution < -0.4 is 15.8 Å². The summed E-state index contributed by atoms with van der Waals surface area (Å²) in [5.74, 6) is 0.683. The molecule has 1 aliphatic heterocycles. The normalized spacial score (nSPS) is 15.5. The van der Waals surface area contributed by atoms with Crippen LogP contribution in [0.25, 0.3) is 0 Å². The number of halogens is 2. The third-order valence-electron chi connectivity index (χ3n) is 4.66. The molecule has 27 heavy (non-hydrogen) atoms. The van der Waals surface area contributed by atoms with Crippen LogP contribution in [0.3, 0.4) is 0 Å². The van der Waals surface area contributed by atoms with Crippen LogP contribution in [0, 0.1) is 0 Å². The highest BCUT2D eigenvalue weighted by atomic mass is 35.5. The second-order valence-electron chi connectivity index (χ2n) is 6.32. The van der Waals surface area contributed by atoms with E-state index in [4.69, 9.17) is 26.8 Å². The molecule has 0 radical (unpaired) electrons. The lowest BCUT2D eigenvalue weighted by molar-refractivity contribution is -0.125. The fraction of sp³-hybridized carbons (Fsp3) is 0.350. The summed E-state index contributed by atoms with van der Waals surface area (Å²) >= 11 is 6.16. The van der Waals surface area contributed by atoms with Crippen molar-refractivity contribution in [1.29, 1.82) is 0 Å². The summed E-state index contributed by atoms with van der Waals surface area (Å²) < 4.78 is 11.0. The molecule has 0 bridgehead atoms. The number of carbonyl (C=O) groups is 1. The molecular weight excluding hydrogens is 387 g/mol. The van der Waals surface area contributed by atoms with E-state index in [0.29, 0.717) is 44.2 Å². The number of nitrogens with one attached hydrogen (secondary N) is 1. The Morgan fingerprint density at radius 2 is 1.89 bits per heavy atom. The molecule has 0 unspecified atom stereocenters. The highest BCUT2D eigenvalue weighted by Gasteiger charge is 2.41. The molecule has 0 aromatic heterocycles. The van der Waals surface area contributed by atoms with Gasteiger partial charge in [0.15, 0.2) is 0 Å². The number of ether oxygens (including phenoxy) is 2. The summed E-state index contributed by atoms with van der Waals surface area (Å²) in [5, 5.41) is 3.66. The zero-order valence-corrected chi connectivity index (χ0v) is 16.5. The molecule has 0 saturated carbocycles. The lowest BCUT2D eigenvalue weighted by Crippen LogP contribution is -2.44. The van der Waals surface area contributed by atoms with Gasteiger partial charge in [0.05, 0.1) is 5.41 Å². The van der Waals surface area contributed by atoms with E-state index in [1.54, 1.807) is 0 Å². The molecule has 146 valence electrons. The molecule has 0 aliphatic carbocycles. The van der Waals surface area contributed by atoms with Gasteiger partial charge in [-0.1, -0.05) is 23.7 Å². The summed E-state index contributed by atoms with van der Waals surface area (Å²) in [4.78, 5) is 13.2. The number of amides is 1. The van der Waals surface area contributed by atoms with Crippen molar-refractivity contribution in [2.24, 2.45) is 5.73 Å². The minimum atomic E-state index is -0.641.